The smallest absolute Gasteiger partial charge is 0.215 e. The van der Waals surface area contributed by atoms with E-state index < -0.39 is 10.0 Å². The van der Waals surface area contributed by atoms with Crippen molar-refractivity contribution in [2.24, 2.45) is 17.6 Å². The summed E-state index contributed by atoms with van der Waals surface area (Å²) >= 11 is 0. The Kier molecular flexibility index (Phi) is 5.79. The van der Waals surface area contributed by atoms with Gasteiger partial charge in [-0.3, -0.25) is 0 Å². The van der Waals surface area contributed by atoms with E-state index >= 15 is 0 Å². The Balaban J connectivity index is 1.90. The maximum atomic E-state index is 12.2. The second kappa shape index (κ2) is 7.38. The first-order valence-electron chi connectivity index (χ1n) is 7.74. The van der Waals surface area contributed by atoms with Crippen LogP contribution in [-0.4, -0.2) is 15.0 Å². The molecule has 0 amide bonds. The molecule has 0 saturated heterocycles. The van der Waals surface area contributed by atoms with Crippen molar-refractivity contribution in [3.63, 3.8) is 0 Å². The molecule has 1 aromatic rings. The number of nitrogens with one attached hydrogen (secondary N) is 1. The van der Waals surface area contributed by atoms with Crippen LogP contribution in [0.4, 0.5) is 0 Å². The Hall–Kier alpha value is -0.910. The Morgan fingerprint density at radius 2 is 1.76 bits per heavy atom. The molecule has 5 heteroatoms. The summed E-state index contributed by atoms with van der Waals surface area (Å²) in [5, 5.41) is 0. The van der Waals surface area contributed by atoms with Crippen LogP contribution in [0.25, 0.3) is 0 Å². The molecule has 1 aliphatic rings. The Morgan fingerprint density at radius 1 is 1.14 bits per heavy atom. The van der Waals surface area contributed by atoms with Gasteiger partial charge in [-0.05, 0) is 35.8 Å². The first-order chi connectivity index (χ1) is 10.00. The van der Waals surface area contributed by atoms with Gasteiger partial charge in [0.05, 0.1) is 5.75 Å². The lowest BCUT2D eigenvalue weighted by molar-refractivity contribution is 0.290. The topological polar surface area (TPSA) is 72.2 Å². The van der Waals surface area contributed by atoms with Crippen LogP contribution in [0, 0.1) is 11.8 Å². The second-order valence-electron chi connectivity index (χ2n) is 6.21. The highest BCUT2D eigenvalue weighted by Crippen LogP contribution is 2.27. The highest BCUT2D eigenvalue weighted by Gasteiger charge is 2.20. The summed E-state index contributed by atoms with van der Waals surface area (Å²) in [5.41, 5.74) is 7.35. The van der Waals surface area contributed by atoms with E-state index in [4.69, 9.17) is 5.73 Å². The molecule has 1 fully saturated rings. The van der Waals surface area contributed by atoms with Gasteiger partial charge in [0.2, 0.25) is 10.0 Å². The van der Waals surface area contributed by atoms with Crippen LogP contribution in [0.3, 0.4) is 0 Å². The average molecular weight is 310 g/mol. The van der Waals surface area contributed by atoms with E-state index in [0.717, 1.165) is 29.9 Å². The molecule has 2 rings (SSSR count). The molecule has 1 aliphatic carbocycles. The van der Waals surface area contributed by atoms with Gasteiger partial charge in [0.25, 0.3) is 0 Å². The van der Waals surface area contributed by atoms with Gasteiger partial charge in [-0.2, -0.15) is 0 Å². The van der Waals surface area contributed by atoms with Crippen LogP contribution >= 0.6 is 0 Å². The van der Waals surface area contributed by atoms with E-state index in [1.165, 1.54) is 12.8 Å². The number of nitrogens with two attached hydrogens (primary N) is 1. The quantitative estimate of drug-likeness (QED) is 0.847. The van der Waals surface area contributed by atoms with E-state index in [2.05, 4.69) is 11.6 Å². The molecule has 118 valence electrons. The van der Waals surface area contributed by atoms with Gasteiger partial charge in [-0.25, -0.2) is 13.1 Å². The average Bonchev–Trinajstić information content (AvgIpc) is 2.47. The van der Waals surface area contributed by atoms with Crippen molar-refractivity contribution in [1.29, 1.82) is 0 Å². The molecule has 0 radical (unpaired) electrons. The van der Waals surface area contributed by atoms with Crippen LogP contribution in [0.5, 0.6) is 0 Å². The van der Waals surface area contributed by atoms with Gasteiger partial charge in [0, 0.05) is 13.1 Å². The summed E-state index contributed by atoms with van der Waals surface area (Å²) in [6.07, 6.45) is 4.68. The zero-order valence-electron chi connectivity index (χ0n) is 12.7. The first kappa shape index (κ1) is 16.5. The number of hydrogen-bond acceptors (Lipinski definition) is 3. The van der Waals surface area contributed by atoms with E-state index in [0.29, 0.717) is 19.0 Å². The molecule has 0 aromatic heterocycles. The third-order valence-electron chi connectivity index (χ3n) is 4.41. The third-order valence-corrected chi connectivity index (χ3v) is 5.71. The van der Waals surface area contributed by atoms with Crippen molar-refractivity contribution in [1.82, 2.24) is 4.72 Å². The molecule has 4 nitrogen and oxygen atoms in total. The molecule has 1 aromatic carbocycles. The lowest BCUT2D eigenvalue weighted by Crippen LogP contribution is -2.32. The van der Waals surface area contributed by atoms with Crippen LogP contribution < -0.4 is 10.5 Å². The second-order valence-corrected chi connectivity index (χ2v) is 8.01. The van der Waals surface area contributed by atoms with Crippen molar-refractivity contribution < 1.29 is 8.42 Å². The molecule has 0 bridgehead atoms. The number of benzene rings is 1. The predicted octanol–water partition coefficient (Wildman–Crippen LogP) is 2.39. The number of sulfonamides is 1. The maximum absolute atomic E-state index is 12.2. The maximum Gasteiger partial charge on any atom is 0.215 e. The minimum atomic E-state index is -3.29. The fourth-order valence-electron chi connectivity index (χ4n) is 2.93. The monoisotopic (exact) mass is 310 g/mol. The minimum Gasteiger partial charge on any atom is -0.326 e. The summed E-state index contributed by atoms with van der Waals surface area (Å²) in [6.45, 7) is 3.20. The summed E-state index contributed by atoms with van der Waals surface area (Å²) in [6, 6.07) is 7.46. The van der Waals surface area contributed by atoms with Crippen molar-refractivity contribution in [3.05, 3.63) is 35.4 Å². The van der Waals surface area contributed by atoms with Gasteiger partial charge < -0.3 is 5.73 Å². The van der Waals surface area contributed by atoms with E-state index in [1.54, 1.807) is 0 Å². The van der Waals surface area contributed by atoms with Crippen molar-refractivity contribution >= 4 is 10.0 Å². The number of hydrogen-bond donors (Lipinski definition) is 2. The zero-order valence-corrected chi connectivity index (χ0v) is 13.5. The largest absolute Gasteiger partial charge is 0.326 e. The van der Waals surface area contributed by atoms with Gasteiger partial charge in [-0.1, -0.05) is 44.0 Å². The van der Waals surface area contributed by atoms with E-state index in [9.17, 15) is 8.42 Å². The summed E-state index contributed by atoms with van der Waals surface area (Å²) in [7, 11) is -3.29. The summed E-state index contributed by atoms with van der Waals surface area (Å²) in [5.74, 6) is 1.29. The predicted molar refractivity (Wildman–Crippen MR) is 86.1 cm³/mol. The molecule has 0 heterocycles. The van der Waals surface area contributed by atoms with Crippen LogP contribution in [0.2, 0.25) is 0 Å². The molecular formula is C16H26N2O2S. The fourth-order valence-corrected chi connectivity index (χ4v) is 4.21. The molecule has 1 saturated carbocycles. The van der Waals surface area contributed by atoms with E-state index in [1.807, 2.05) is 24.3 Å². The molecular weight excluding hydrogens is 284 g/mol. The first-order valence-corrected chi connectivity index (χ1v) is 9.39. The lowest BCUT2D eigenvalue weighted by Gasteiger charge is -2.26. The molecule has 0 atom stereocenters. The molecule has 21 heavy (non-hydrogen) atoms. The molecule has 0 aliphatic heterocycles. The summed E-state index contributed by atoms with van der Waals surface area (Å²) < 4.78 is 27.2. The highest BCUT2D eigenvalue weighted by atomic mass is 32.2. The van der Waals surface area contributed by atoms with Gasteiger partial charge >= 0.3 is 0 Å². The third kappa shape index (κ3) is 5.09. The molecule has 3 N–H and O–H groups in total. The molecule has 0 unspecified atom stereocenters. The Labute approximate surface area is 128 Å². The van der Waals surface area contributed by atoms with Crippen LogP contribution in [0.15, 0.2) is 24.3 Å². The van der Waals surface area contributed by atoms with Crippen molar-refractivity contribution in [2.75, 3.05) is 6.54 Å². The fraction of sp³-hybridized carbons (Fsp3) is 0.625. The standard InChI is InChI=1S/C16H26N2O2S/c1-13-6-8-14(9-7-13)11-18-21(19,20)12-16-5-3-2-4-15(16)10-17/h2-5,13-14,18H,6-12,17H2,1H3. The van der Waals surface area contributed by atoms with Gasteiger partial charge in [0.1, 0.15) is 0 Å². The Morgan fingerprint density at radius 3 is 2.38 bits per heavy atom. The SMILES string of the molecule is CC1CCC(CNS(=O)(=O)Cc2ccccc2CN)CC1. The normalized spacial score (nSPS) is 23.1. The highest BCUT2D eigenvalue weighted by molar-refractivity contribution is 7.88. The lowest BCUT2D eigenvalue weighted by atomic mass is 9.83. The van der Waals surface area contributed by atoms with Crippen molar-refractivity contribution in [2.45, 2.75) is 44.9 Å². The molecule has 0 spiro atoms. The van der Waals surface area contributed by atoms with Crippen molar-refractivity contribution in [3.8, 4) is 0 Å². The zero-order chi connectivity index (χ0) is 15.3. The minimum absolute atomic E-state index is 0.0174. The van der Waals surface area contributed by atoms with Crippen LogP contribution in [-0.2, 0) is 22.3 Å². The van der Waals surface area contributed by atoms with E-state index in [-0.39, 0.29) is 5.75 Å². The Bertz CT molecular complexity index is 549. The van der Waals surface area contributed by atoms with Gasteiger partial charge in [-0.15, -0.1) is 0 Å². The summed E-state index contributed by atoms with van der Waals surface area (Å²) in [4.78, 5) is 0. The number of rotatable bonds is 6. The van der Waals surface area contributed by atoms with Gasteiger partial charge in [0.15, 0.2) is 0 Å². The van der Waals surface area contributed by atoms with Crippen LogP contribution in [0.1, 0.15) is 43.7 Å².